The molecule has 0 saturated heterocycles. The number of benzene rings is 2. The Balaban J connectivity index is 2.15. The second-order valence-electron chi connectivity index (χ2n) is 6.05. The molecule has 1 atom stereocenters. The summed E-state index contributed by atoms with van der Waals surface area (Å²) in [5.74, 6) is -0.297. The van der Waals surface area contributed by atoms with Gasteiger partial charge in [-0.15, -0.1) is 0 Å². The molecule has 0 unspecified atom stereocenters. The van der Waals surface area contributed by atoms with Gasteiger partial charge in [-0.2, -0.15) is 0 Å². The molecule has 2 aromatic rings. The molecule has 0 radical (unpaired) electrons. The number of amides is 2. The van der Waals surface area contributed by atoms with E-state index >= 15 is 0 Å². The SMILES string of the molecule is CNC(=O)[C@H](C)N(Cc1ccc(Cl)c(Cl)c1)C(=O)CCc1ccccc1. The van der Waals surface area contributed by atoms with Crippen LogP contribution < -0.4 is 5.32 Å². The van der Waals surface area contributed by atoms with Crippen molar-refractivity contribution in [2.24, 2.45) is 0 Å². The molecule has 0 bridgehead atoms. The van der Waals surface area contributed by atoms with Crippen LogP contribution in [0.1, 0.15) is 24.5 Å². The minimum absolute atomic E-state index is 0.0870. The van der Waals surface area contributed by atoms with Gasteiger partial charge in [0.25, 0.3) is 0 Å². The van der Waals surface area contributed by atoms with E-state index in [1.54, 1.807) is 31.0 Å². The van der Waals surface area contributed by atoms with E-state index in [2.05, 4.69) is 5.32 Å². The highest BCUT2D eigenvalue weighted by atomic mass is 35.5. The molecule has 0 aliphatic rings. The standard InChI is InChI=1S/C20H22Cl2N2O2/c1-14(20(26)23-2)24(13-16-8-10-17(21)18(22)12-16)19(25)11-9-15-6-4-3-5-7-15/h3-8,10,12,14H,9,11,13H2,1-2H3,(H,23,26)/t14-/m0/s1. The molecule has 1 N–H and O–H groups in total. The summed E-state index contributed by atoms with van der Waals surface area (Å²) in [4.78, 5) is 26.5. The van der Waals surface area contributed by atoms with Crippen LogP contribution in [0.4, 0.5) is 0 Å². The highest BCUT2D eigenvalue weighted by Gasteiger charge is 2.25. The van der Waals surface area contributed by atoms with Gasteiger partial charge in [0.05, 0.1) is 10.0 Å². The summed E-state index contributed by atoms with van der Waals surface area (Å²) in [7, 11) is 1.56. The molecule has 26 heavy (non-hydrogen) atoms. The number of carbonyl (C=O) groups excluding carboxylic acids is 2. The van der Waals surface area contributed by atoms with Gasteiger partial charge in [-0.1, -0.05) is 59.6 Å². The van der Waals surface area contributed by atoms with Gasteiger partial charge < -0.3 is 10.2 Å². The zero-order chi connectivity index (χ0) is 19.1. The van der Waals surface area contributed by atoms with Gasteiger partial charge in [0.2, 0.25) is 11.8 Å². The van der Waals surface area contributed by atoms with Gasteiger partial charge >= 0.3 is 0 Å². The normalized spacial score (nSPS) is 11.7. The number of nitrogens with one attached hydrogen (secondary N) is 1. The van der Waals surface area contributed by atoms with Crippen LogP contribution in [-0.4, -0.2) is 29.8 Å². The lowest BCUT2D eigenvalue weighted by atomic mass is 10.1. The first-order valence-electron chi connectivity index (χ1n) is 8.41. The number of carbonyl (C=O) groups is 2. The number of likely N-dealkylation sites (N-methyl/N-ethyl adjacent to an activating group) is 1. The Kier molecular flexibility index (Phi) is 7.49. The number of hydrogen-bond donors (Lipinski definition) is 1. The lowest BCUT2D eigenvalue weighted by molar-refractivity contribution is -0.140. The van der Waals surface area contributed by atoms with Crippen molar-refractivity contribution in [2.75, 3.05) is 7.05 Å². The van der Waals surface area contributed by atoms with Crippen molar-refractivity contribution in [1.29, 1.82) is 0 Å². The van der Waals surface area contributed by atoms with Gasteiger partial charge in [-0.25, -0.2) is 0 Å². The van der Waals surface area contributed by atoms with E-state index in [1.807, 2.05) is 36.4 Å². The molecule has 138 valence electrons. The fraction of sp³-hybridized carbons (Fsp3) is 0.300. The predicted molar refractivity (Wildman–Crippen MR) is 105 cm³/mol. The van der Waals surface area contributed by atoms with Crippen LogP contribution in [0.15, 0.2) is 48.5 Å². The first-order chi connectivity index (χ1) is 12.4. The molecule has 4 nitrogen and oxygen atoms in total. The minimum Gasteiger partial charge on any atom is -0.357 e. The quantitative estimate of drug-likeness (QED) is 0.771. The summed E-state index contributed by atoms with van der Waals surface area (Å²) in [5.41, 5.74) is 1.91. The molecule has 0 aliphatic heterocycles. The van der Waals surface area contributed by atoms with Crippen molar-refractivity contribution < 1.29 is 9.59 Å². The van der Waals surface area contributed by atoms with Crippen LogP contribution in [0, 0.1) is 0 Å². The lowest BCUT2D eigenvalue weighted by Gasteiger charge is -2.28. The summed E-state index contributed by atoms with van der Waals surface area (Å²) in [6.45, 7) is 2.01. The minimum atomic E-state index is -0.585. The monoisotopic (exact) mass is 392 g/mol. The molecule has 0 spiro atoms. The van der Waals surface area contributed by atoms with Crippen molar-refractivity contribution in [3.63, 3.8) is 0 Å². The smallest absolute Gasteiger partial charge is 0.242 e. The molecular weight excluding hydrogens is 371 g/mol. The van der Waals surface area contributed by atoms with E-state index < -0.39 is 6.04 Å². The third kappa shape index (κ3) is 5.48. The molecule has 0 fully saturated rings. The van der Waals surface area contributed by atoms with E-state index in [-0.39, 0.29) is 11.8 Å². The van der Waals surface area contributed by atoms with Gasteiger partial charge in [-0.3, -0.25) is 9.59 Å². The van der Waals surface area contributed by atoms with Gasteiger partial charge in [0.15, 0.2) is 0 Å². The number of hydrogen-bond acceptors (Lipinski definition) is 2. The molecule has 6 heteroatoms. The fourth-order valence-corrected chi connectivity index (χ4v) is 2.99. The topological polar surface area (TPSA) is 49.4 Å². The number of nitrogens with zero attached hydrogens (tertiary/aromatic N) is 1. The van der Waals surface area contributed by atoms with E-state index in [1.165, 1.54) is 0 Å². The molecule has 0 aromatic heterocycles. The van der Waals surface area contributed by atoms with Gasteiger partial charge in [0.1, 0.15) is 6.04 Å². The van der Waals surface area contributed by atoms with Crippen molar-refractivity contribution in [1.82, 2.24) is 10.2 Å². The Labute approximate surface area is 164 Å². The second-order valence-corrected chi connectivity index (χ2v) is 6.86. The summed E-state index contributed by atoms with van der Waals surface area (Å²) in [5, 5.41) is 3.48. The average molecular weight is 393 g/mol. The average Bonchev–Trinajstić information content (AvgIpc) is 2.66. The molecule has 0 aliphatic carbocycles. The van der Waals surface area contributed by atoms with Crippen LogP contribution >= 0.6 is 23.2 Å². The maximum absolute atomic E-state index is 12.8. The molecule has 2 amide bonds. The molecular formula is C20H22Cl2N2O2. The van der Waals surface area contributed by atoms with Crippen LogP contribution in [0.3, 0.4) is 0 Å². The summed E-state index contributed by atoms with van der Waals surface area (Å²) in [6, 6.07) is 14.4. The van der Waals surface area contributed by atoms with Crippen LogP contribution in [0.5, 0.6) is 0 Å². The Morgan fingerprint density at radius 2 is 1.73 bits per heavy atom. The zero-order valence-corrected chi connectivity index (χ0v) is 16.3. The highest BCUT2D eigenvalue weighted by Crippen LogP contribution is 2.24. The van der Waals surface area contributed by atoms with E-state index in [9.17, 15) is 9.59 Å². The Hall–Kier alpha value is -2.04. The number of rotatable bonds is 7. The molecule has 2 rings (SSSR count). The molecule has 0 saturated carbocycles. The maximum atomic E-state index is 12.8. The number of aryl methyl sites for hydroxylation is 1. The largest absolute Gasteiger partial charge is 0.357 e. The van der Waals surface area contributed by atoms with Crippen LogP contribution in [0.2, 0.25) is 10.0 Å². The van der Waals surface area contributed by atoms with Crippen molar-refractivity contribution in [2.45, 2.75) is 32.4 Å². The summed E-state index contributed by atoms with van der Waals surface area (Å²) >= 11 is 12.0. The lowest BCUT2D eigenvalue weighted by Crippen LogP contribution is -2.46. The van der Waals surface area contributed by atoms with E-state index in [0.29, 0.717) is 29.4 Å². The summed E-state index contributed by atoms with van der Waals surface area (Å²) < 4.78 is 0. The Bertz CT molecular complexity index is 766. The van der Waals surface area contributed by atoms with Gasteiger partial charge in [-0.05, 0) is 36.6 Å². The Morgan fingerprint density at radius 3 is 2.35 bits per heavy atom. The third-order valence-electron chi connectivity index (χ3n) is 4.22. The van der Waals surface area contributed by atoms with Crippen molar-refractivity contribution >= 4 is 35.0 Å². The predicted octanol–water partition coefficient (Wildman–Crippen LogP) is 4.09. The van der Waals surface area contributed by atoms with E-state index in [4.69, 9.17) is 23.2 Å². The first-order valence-corrected chi connectivity index (χ1v) is 9.17. The van der Waals surface area contributed by atoms with Gasteiger partial charge in [0, 0.05) is 20.0 Å². The highest BCUT2D eigenvalue weighted by molar-refractivity contribution is 6.42. The van der Waals surface area contributed by atoms with Crippen LogP contribution in [-0.2, 0) is 22.6 Å². The second kappa shape index (κ2) is 9.60. The zero-order valence-electron chi connectivity index (χ0n) is 14.8. The van der Waals surface area contributed by atoms with Crippen molar-refractivity contribution in [3.05, 3.63) is 69.7 Å². The Morgan fingerprint density at radius 1 is 1.04 bits per heavy atom. The molecule has 2 aromatic carbocycles. The van der Waals surface area contributed by atoms with Crippen LogP contribution in [0.25, 0.3) is 0 Å². The third-order valence-corrected chi connectivity index (χ3v) is 4.96. The van der Waals surface area contributed by atoms with Crippen molar-refractivity contribution in [3.8, 4) is 0 Å². The number of halogens is 2. The molecule has 0 heterocycles. The van der Waals surface area contributed by atoms with E-state index in [0.717, 1.165) is 11.1 Å². The fourth-order valence-electron chi connectivity index (χ4n) is 2.67. The first kappa shape index (κ1) is 20.3. The summed E-state index contributed by atoms with van der Waals surface area (Å²) in [6.07, 6.45) is 0.949. The maximum Gasteiger partial charge on any atom is 0.242 e.